The summed E-state index contributed by atoms with van der Waals surface area (Å²) in [6, 6.07) is -2.21. The van der Waals surface area contributed by atoms with Crippen LogP contribution in [0.3, 0.4) is 0 Å². The number of Topliss-reactive ketones (excluding diaryl/α,β-unsaturated/α-hetero) is 1. The predicted molar refractivity (Wildman–Crippen MR) is 227 cm³/mol. The number of phenols is 1. The van der Waals surface area contributed by atoms with E-state index in [0.717, 1.165) is 11.8 Å². The first-order valence-electron chi connectivity index (χ1n) is 19.4. The number of allylic oxidation sites excluding steroid dienone is 1. The number of phenolic OH excluding ortho intramolecular Hbond substituents is 1. The molecule has 8 N–H and O–H groups in total. The van der Waals surface area contributed by atoms with Crippen LogP contribution in [0, 0.1) is 0 Å². The number of carbonyl (C=O) groups excluding carboxylic acids is 2. The average molecular weight is 873 g/mol. The molecule has 0 saturated carbocycles. The summed E-state index contributed by atoms with van der Waals surface area (Å²) >= 11 is 2.30. The van der Waals surface area contributed by atoms with Crippen molar-refractivity contribution in [2.75, 3.05) is 56.5 Å². The second-order valence-corrected chi connectivity index (χ2v) is 17.3. The molecule has 19 heteroatoms. The molecule has 0 spiro atoms. The number of nitrogens with zero attached hydrogens (tertiary/aromatic N) is 2. The molecule has 0 aromatic heterocycles. The Kier molecular flexibility index (Phi) is 10.4. The van der Waals surface area contributed by atoms with Gasteiger partial charge in [0.2, 0.25) is 0 Å². The van der Waals surface area contributed by atoms with Gasteiger partial charge in [0.05, 0.1) is 80.1 Å². The highest BCUT2D eigenvalue weighted by atomic mass is 32.2. The van der Waals surface area contributed by atoms with Gasteiger partial charge in [0, 0.05) is 54.6 Å². The Hall–Kier alpha value is -5.44. The lowest BCUT2D eigenvalue weighted by Gasteiger charge is -2.33. The van der Waals surface area contributed by atoms with Gasteiger partial charge in [-0.2, -0.15) is 0 Å². The van der Waals surface area contributed by atoms with Crippen molar-refractivity contribution >= 4 is 108 Å². The molecule has 5 aromatic rings. The third-order valence-electron chi connectivity index (χ3n) is 11.9. The monoisotopic (exact) mass is 872 g/mol. The molecule has 0 saturated heterocycles. The Labute approximate surface area is 353 Å². The van der Waals surface area contributed by atoms with Crippen LogP contribution in [0.4, 0.5) is 11.4 Å². The number of aromatic hydroxyl groups is 1. The van der Waals surface area contributed by atoms with Crippen molar-refractivity contribution in [1.82, 2.24) is 0 Å². The number of fused-ring (bicyclic) bond motifs is 8. The van der Waals surface area contributed by atoms with Crippen molar-refractivity contribution in [2.45, 2.75) is 61.1 Å². The van der Waals surface area contributed by atoms with Crippen molar-refractivity contribution in [1.29, 1.82) is 0 Å². The highest BCUT2D eigenvalue weighted by molar-refractivity contribution is 8.00. The molecule has 61 heavy (non-hydrogen) atoms. The summed E-state index contributed by atoms with van der Waals surface area (Å²) in [4.78, 5) is 63.1. The minimum absolute atomic E-state index is 0.0403. The van der Waals surface area contributed by atoms with Crippen LogP contribution >= 0.6 is 23.5 Å². The number of hydrogen-bond acceptors (Lipinski definition) is 17. The molecule has 318 valence electrons. The van der Waals surface area contributed by atoms with E-state index in [-0.39, 0.29) is 78.2 Å². The van der Waals surface area contributed by atoms with E-state index in [1.807, 2.05) is 0 Å². The standard InChI is InChI=1S/C42H40N4O13S2/c1-14-8-16-23-26-24(25-18(11-49)38-35(45-21(13-60-38)40(52)53)31-28(25)27(23)29(22(14)15(2)50)37(57-3)36(31)51)17(10-48)19-12-61-39(41(54)55)46-32(19)30(26)34-33(16)44-20(9-43-34)42(56)59-7-6-58-5-4-47/h8,20-22,39,45-49,51H,4-7,9-13H2,1-3H3,(H,52,53)(H,54,55). The quantitative estimate of drug-likeness (QED) is 0.0388. The Morgan fingerprint density at radius 3 is 2.28 bits per heavy atom. The van der Waals surface area contributed by atoms with Crippen LogP contribution in [0.1, 0.15) is 47.6 Å². The first-order chi connectivity index (χ1) is 29.4. The second-order valence-electron chi connectivity index (χ2n) is 15.2. The summed E-state index contributed by atoms with van der Waals surface area (Å²) in [5.74, 6) is -4.45. The van der Waals surface area contributed by atoms with E-state index in [4.69, 9.17) is 29.3 Å². The Balaban J connectivity index is 1.56. The number of hydrogen-bond donors (Lipinski definition) is 8. The van der Waals surface area contributed by atoms with Gasteiger partial charge < -0.3 is 55.5 Å². The zero-order valence-electron chi connectivity index (χ0n) is 33.0. The summed E-state index contributed by atoms with van der Waals surface area (Å²) < 4.78 is 16.8. The van der Waals surface area contributed by atoms with Crippen LogP contribution in [-0.4, -0.2) is 118 Å². The molecule has 0 amide bonds. The molecular weight excluding hydrogens is 833 g/mol. The smallest absolute Gasteiger partial charge is 0.336 e. The number of benzene rings is 5. The highest BCUT2D eigenvalue weighted by Crippen LogP contribution is 2.60. The van der Waals surface area contributed by atoms with Crippen LogP contribution in [0.15, 0.2) is 20.5 Å². The predicted octanol–water partition coefficient (Wildman–Crippen LogP) is 2.74. The van der Waals surface area contributed by atoms with E-state index in [1.165, 1.54) is 25.8 Å². The molecule has 4 atom stereocenters. The summed E-state index contributed by atoms with van der Waals surface area (Å²) in [6.07, 6.45) is 1.79. The van der Waals surface area contributed by atoms with Gasteiger partial charge in [0.25, 0.3) is 0 Å². The number of rotatable bonds is 12. The number of anilines is 2. The number of ketones is 1. The van der Waals surface area contributed by atoms with Gasteiger partial charge in [-0.25, -0.2) is 14.4 Å². The first kappa shape index (κ1) is 40.9. The van der Waals surface area contributed by atoms with E-state index in [1.54, 1.807) is 13.0 Å². The van der Waals surface area contributed by atoms with Crippen molar-refractivity contribution < 1.29 is 64.0 Å². The number of nitrogens with one attached hydrogen (secondary N) is 2. The van der Waals surface area contributed by atoms with Gasteiger partial charge in [-0.1, -0.05) is 11.6 Å². The third-order valence-corrected chi connectivity index (χ3v) is 14.2. The van der Waals surface area contributed by atoms with Gasteiger partial charge >= 0.3 is 17.9 Å². The fourth-order valence-corrected chi connectivity index (χ4v) is 11.7. The number of esters is 1. The van der Waals surface area contributed by atoms with Gasteiger partial charge in [-0.05, 0) is 41.1 Å². The van der Waals surface area contributed by atoms with Gasteiger partial charge in [0.15, 0.2) is 22.9 Å². The SMILES string of the molecule is COc1c(O)c2c3c(c(CO)c4c5c(CO)c6c(c7c8c(c9c(c(c1C(C(C)=O)C(C)=C9)c24)c75)=NC(C(=O)OCCOCCO)CN=8)NC(C(=O)O)SC6)SCC(C(=O)O)N3. The van der Waals surface area contributed by atoms with Crippen molar-refractivity contribution in [3.05, 3.63) is 44.1 Å². The van der Waals surface area contributed by atoms with Crippen molar-refractivity contribution in [3.8, 4) is 11.5 Å². The molecule has 0 radical (unpaired) electrons. The Bertz CT molecular complexity index is 2950. The van der Waals surface area contributed by atoms with Gasteiger partial charge in [0.1, 0.15) is 18.4 Å². The fourth-order valence-electron chi connectivity index (χ4n) is 9.53. The molecule has 5 aromatic carbocycles. The largest absolute Gasteiger partial charge is 0.504 e. The number of aliphatic hydroxyl groups excluding tert-OH is 3. The Morgan fingerprint density at radius 2 is 1.61 bits per heavy atom. The van der Waals surface area contributed by atoms with Crippen LogP contribution in [0.25, 0.3) is 49.2 Å². The maximum absolute atomic E-state index is 14.0. The van der Waals surface area contributed by atoms with Crippen LogP contribution in [0.2, 0.25) is 0 Å². The summed E-state index contributed by atoms with van der Waals surface area (Å²) in [6.45, 7) is 1.76. The zero-order valence-corrected chi connectivity index (χ0v) is 34.6. The lowest BCUT2D eigenvalue weighted by Crippen LogP contribution is -2.41. The number of thioether (sulfide) groups is 2. The molecule has 4 aliphatic rings. The minimum atomic E-state index is -1.13. The van der Waals surface area contributed by atoms with Crippen LogP contribution in [-0.2, 0) is 47.6 Å². The summed E-state index contributed by atoms with van der Waals surface area (Å²) in [5, 5.41) is 73.9. The number of methoxy groups -OCH3 is 1. The normalized spacial score (nSPS) is 20.2. The Morgan fingerprint density at radius 1 is 0.869 bits per heavy atom. The van der Waals surface area contributed by atoms with Crippen LogP contribution < -0.4 is 26.1 Å². The third kappa shape index (κ3) is 6.00. The van der Waals surface area contributed by atoms with Crippen LogP contribution in [0.5, 0.6) is 11.5 Å². The molecular formula is C42H40N4O13S2. The number of aliphatic hydroxyl groups is 3. The van der Waals surface area contributed by atoms with E-state index in [0.29, 0.717) is 87.0 Å². The molecule has 4 unspecified atom stereocenters. The lowest BCUT2D eigenvalue weighted by atomic mass is 9.78. The number of carboxylic acid groups (broad SMARTS) is 2. The average Bonchev–Trinajstić information content (AvgIpc) is 3.38. The van der Waals surface area contributed by atoms with Crippen molar-refractivity contribution in [2.24, 2.45) is 9.98 Å². The van der Waals surface area contributed by atoms with Gasteiger partial charge in [-0.3, -0.25) is 14.8 Å². The number of carbonyl (C=O) groups is 4. The molecule has 0 bridgehead atoms. The molecule has 17 nitrogen and oxygen atoms in total. The number of ether oxygens (including phenoxy) is 3. The van der Waals surface area contributed by atoms with Crippen molar-refractivity contribution in [3.63, 3.8) is 0 Å². The number of aliphatic carboxylic acids is 2. The molecule has 0 fully saturated rings. The maximum atomic E-state index is 14.0. The van der Waals surface area contributed by atoms with Gasteiger partial charge in [-0.15, -0.1) is 23.5 Å². The molecule has 9 rings (SSSR count). The maximum Gasteiger partial charge on any atom is 0.336 e. The fraction of sp³-hybridized carbons (Fsp3) is 0.381. The number of carboxylic acids is 2. The van der Waals surface area contributed by atoms with E-state index in [9.17, 15) is 44.7 Å². The minimum Gasteiger partial charge on any atom is -0.504 e. The second kappa shape index (κ2) is 15.5. The summed E-state index contributed by atoms with van der Waals surface area (Å²) in [7, 11) is 1.36. The molecule has 3 aliphatic heterocycles. The molecule has 1 aliphatic carbocycles. The highest BCUT2D eigenvalue weighted by Gasteiger charge is 2.41. The molecule has 3 heterocycles. The van der Waals surface area contributed by atoms with E-state index >= 15 is 0 Å². The topological polar surface area (TPSA) is 266 Å². The first-order valence-corrected chi connectivity index (χ1v) is 21.5. The van der Waals surface area contributed by atoms with E-state index in [2.05, 4.69) is 10.6 Å². The lowest BCUT2D eigenvalue weighted by molar-refractivity contribution is -0.146. The summed E-state index contributed by atoms with van der Waals surface area (Å²) in [5.41, 5.74) is 3.28. The van der Waals surface area contributed by atoms with E-state index < -0.39 is 54.5 Å². The zero-order chi connectivity index (χ0) is 43.2.